The van der Waals surface area contributed by atoms with Crippen molar-refractivity contribution in [1.82, 2.24) is 0 Å². The summed E-state index contributed by atoms with van der Waals surface area (Å²) in [5.41, 5.74) is 2.63. The van der Waals surface area contributed by atoms with E-state index in [1.54, 1.807) is 24.4 Å². The van der Waals surface area contributed by atoms with Gasteiger partial charge in [0.2, 0.25) is 5.91 Å². The number of hydrogen-bond acceptors (Lipinski definition) is 3. The number of carboxylic acids is 1. The van der Waals surface area contributed by atoms with Gasteiger partial charge in [0.15, 0.2) is 0 Å². The van der Waals surface area contributed by atoms with Crippen LogP contribution in [-0.4, -0.2) is 17.0 Å². The molecule has 0 spiro atoms. The molecule has 0 fully saturated rings. The highest BCUT2D eigenvalue weighted by atomic mass is 79.9. The molecule has 0 aliphatic heterocycles. The van der Waals surface area contributed by atoms with Crippen molar-refractivity contribution in [3.05, 3.63) is 74.8 Å². The quantitative estimate of drug-likeness (QED) is 0.480. The third kappa shape index (κ3) is 4.66. The van der Waals surface area contributed by atoms with Gasteiger partial charge in [0.05, 0.1) is 0 Å². The Hall–Kier alpha value is -2.51. The second-order valence-corrected chi connectivity index (χ2v) is 8.10. The standard InChI is InChI=1S/C21H17BrFNO3S/c1-12-2-3-14(17(23)10-12)6-9-18(25)24-20-19(21(26)27)16(11-28-20)13-4-7-15(22)8-5-13/h2-5,7-8,10-11H,6,9H2,1H3,(H,24,25)(H,26,27). The van der Waals surface area contributed by atoms with E-state index in [-0.39, 0.29) is 35.1 Å². The molecule has 1 amide bonds. The van der Waals surface area contributed by atoms with Crippen molar-refractivity contribution in [2.45, 2.75) is 19.8 Å². The molecular formula is C21H17BrFNO3S. The molecular weight excluding hydrogens is 445 g/mol. The van der Waals surface area contributed by atoms with Gasteiger partial charge in [-0.1, -0.05) is 40.2 Å². The van der Waals surface area contributed by atoms with Crippen molar-refractivity contribution in [2.24, 2.45) is 0 Å². The number of hydrogen-bond donors (Lipinski definition) is 2. The zero-order valence-electron chi connectivity index (χ0n) is 15.0. The van der Waals surface area contributed by atoms with Gasteiger partial charge in [-0.05, 0) is 48.2 Å². The van der Waals surface area contributed by atoms with Gasteiger partial charge >= 0.3 is 5.97 Å². The lowest BCUT2D eigenvalue weighted by Crippen LogP contribution is -2.14. The first-order valence-corrected chi connectivity index (χ1v) is 10.2. The van der Waals surface area contributed by atoms with Gasteiger partial charge in [-0.2, -0.15) is 0 Å². The number of aryl methyl sites for hydroxylation is 2. The summed E-state index contributed by atoms with van der Waals surface area (Å²) in [5, 5.41) is 14.3. The van der Waals surface area contributed by atoms with Crippen molar-refractivity contribution in [3.63, 3.8) is 0 Å². The van der Waals surface area contributed by atoms with Crippen molar-refractivity contribution < 1.29 is 19.1 Å². The average molecular weight is 462 g/mol. The Morgan fingerprint density at radius 3 is 2.54 bits per heavy atom. The number of rotatable bonds is 6. The highest BCUT2D eigenvalue weighted by Gasteiger charge is 2.21. The molecule has 3 aromatic rings. The van der Waals surface area contributed by atoms with E-state index in [1.165, 1.54) is 6.07 Å². The largest absolute Gasteiger partial charge is 0.478 e. The topological polar surface area (TPSA) is 66.4 Å². The molecule has 0 radical (unpaired) electrons. The van der Waals surface area contributed by atoms with Crippen LogP contribution >= 0.6 is 27.3 Å². The molecule has 2 N–H and O–H groups in total. The number of benzene rings is 2. The third-order valence-electron chi connectivity index (χ3n) is 4.24. The fourth-order valence-electron chi connectivity index (χ4n) is 2.80. The van der Waals surface area contributed by atoms with Crippen LogP contribution in [0.5, 0.6) is 0 Å². The number of halogens is 2. The summed E-state index contributed by atoms with van der Waals surface area (Å²) in [6.45, 7) is 1.80. The second-order valence-electron chi connectivity index (χ2n) is 6.31. The van der Waals surface area contributed by atoms with E-state index in [0.717, 1.165) is 26.9 Å². The number of nitrogens with one attached hydrogen (secondary N) is 1. The zero-order valence-corrected chi connectivity index (χ0v) is 17.4. The number of aromatic carboxylic acids is 1. The van der Waals surface area contributed by atoms with Gasteiger partial charge in [0.1, 0.15) is 16.4 Å². The predicted molar refractivity (Wildman–Crippen MR) is 113 cm³/mol. The van der Waals surface area contributed by atoms with Crippen molar-refractivity contribution in [2.75, 3.05) is 5.32 Å². The van der Waals surface area contributed by atoms with E-state index < -0.39 is 5.97 Å². The van der Waals surface area contributed by atoms with Crippen LogP contribution in [0.1, 0.15) is 27.9 Å². The van der Waals surface area contributed by atoms with Gasteiger partial charge in [0, 0.05) is 21.8 Å². The number of thiophene rings is 1. The third-order valence-corrected chi connectivity index (χ3v) is 5.67. The summed E-state index contributed by atoms with van der Waals surface area (Å²) in [7, 11) is 0. The second kappa shape index (κ2) is 8.67. The van der Waals surface area contributed by atoms with Gasteiger partial charge in [-0.15, -0.1) is 11.3 Å². The van der Waals surface area contributed by atoms with Gasteiger partial charge < -0.3 is 10.4 Å². The van der Waals surface area contributed by atoms with Crippen LogP contribution in [0.4, 0.5) is 9.39 Å². The minimum absolute atomic E-state index is 0.0576. The Labute approximate surface area is 174 Å². The molecule has 0 aliphatic rings. The minimum Gasteiger partial charge on any atom is -0.478 e. The maximum Gasteiger partial charge on any atom is 0.339 e. The smallest absolute Gasteiger partial charge is 0.339 e. The minimum atomic E-state index is -1.11. The SMILES string of the molecule is Cc1ccc(CCC(=O)Nc2scc(-c3ccc(Br)cc3)c2C(=O)O)c(F)c1. The molecule has 0 aliphatic carbocycles. The summed E-state index contributed by atoms with van der Waals surface area (Å²) in [6, 6.07) is 12.2. The molecule has 2 aromatic carbocycles. The molecule has 28 heavy (non-hydrogen) atoms. The molecule has 1 heterocycles. The molecule has 0 unspecified atom stereocenters. The number of amides is 1. The summed E-state index contributed by atoms with van der Waals surface area (Å²) >= 11 is 4.51. The Morgan fingerprint density at radius 2 is 1.89 bits per heavy atom. The van der Waals surface area contributed by atoms with Crippen molar-refractivity contribution in [1.29, 1.82) is 0 Å². The molecule has 4 nitrogen and oxygen atoms in total. The Balaban J connectivity index is 1.75. The molecule has 0 saturated carbocycles. The van der Waals surface area contributed by atoms with Crippen LogP contribution in [0.25, 0.3) is 11.1 Å². The maximum absolute atomic E-state index is 13.9. The summed E-state index contributed by atoms with van der Waals surface area (Å²) in [5.74, 6) is -1.81. The highest BCUT2D eigenvalue weighted by molar-refractivity contribution is 9.10. The first-order valence-electron chi connectivity index (χ1n) is 8.50. The lowest BCUT2D eigenvalue weighted by molar-refractivity contribution is -0.116. The lowest BCUT2D eigenvalue weighted by Gasteiger charge is -2.07. The van der Waals surface area contributed by atoms with E-state index in [4.69, 9.17) is 0 Å². The fourth-order valence-corrected chi connectivity index (χ4v) is 4.04. The van der Waals surface area contributed by atoms with E-state index >= 15 is 0 Å². The van der Waals surface area contributed by atoms with Crippen LogP contribution in [0.15, 0.2) is 52.3 Å². The summed E-state index contributed by atoms with van der Waals surface area (Å²) in [6.07, 6.45) is 0.301. The Morgan fingerprint density at radius 1 is 1.18 bits per heavy atom. The number of carboxylic acid groups (broad SMARTS) is 1. The first-order chi connectivity index (χ1) is 13.3. The van der Waals surface area contributed by atoms with Crippen LogP contribution in [-0.2, 0) is 11.2 Å². The Kier molecular flexibility index (Phi) is 6.26. The molecule has 144 valence electrons. The fraction of sp³-hybridized carbons (Fsp3) is 0.143. The van der Waals surface area contributed by atoms with E-state index in [1.807, 2.05) is 24.3 Å². The van der Waals surface area contributed by atoms with E-state index in [2.05, 4.69) is 21.2 Å². The molecule has 0 bridgehead atoms. The Bertz CT molecular complexity index is 1030. The molecule has 0 saturated heterocycles. The normalized spacial score (nSPS) is 10.7. The van der Waals surface area contributed by atoms with Crippen LogP contribution in [0.3, 0.4) is 0 Å². The monoisotopic (exact) mass is 461 g/mol. The predicted octanol–water partition coefficient (Wildman–Crippen LogP) is 5.89. The zero-order chi connectivity index (χ0) is 20.3. The van der Waals surface area contributed by atoms with Gasteiger partial charge in [-0.3, -0.25) is 4.79 Å². The van der Waals surface area contributed by atoms with Gasteiger partial charge in [-0.25, -0.2) is 9.18 Å². The van der Waals surface area contributed by atoms with Crippen LogP contribution in [0, 0.1) is 12.7 Å². The van der Waals surface area contributed by atoms with E-state index in [0.29, 0.717) is 11.1 Å². The molecule has 1 aromatic heterocycles. The molecule has 0 atom stereocenters. The van der Waals surface area contributed by atoms with Crippen LogP contribution in [0.2, 0.25) is 0 Å². The van der Waals surface area contributed by atoms with Crippen LogP contribution < -0.4 is 5.32 Å². The molecule has 3 rings (SSSR count). The number of carbonyl (C=O) groups excluding carboxylic acids is 1. The highest BCUT2D eigenvalue weighted by Crippen LogP contribution is 2.36. The summed E-state index contributed by atoms with van der Waals surface area (Å²) in [4.78, 5) is 24.1. The van der Waals surface area contributed by atoms with Gasteiger partial charge in [0.25, 0.3) is 0 Å². The summed E-state index contributed by atoms with van der Waals surface area (Å²) < 4.78 is 14.8. The average Bonchev–Trinajstić information content (AvgIpc) is 3.05. The van der Waals surface area contributed by atoms with E-state index in [9.17, 15) is 19.1 Å². The number of anilines is 1. The first kappa shape index (κ1) is 20.2. The number of carbonyl (C=O) groups is 2. The van der Waals surface area contributed by atoms with Crippen molar-refractivity contribution in [3.8, 4) is 11.1 Å². The van der Waals surface area contributed by atoms with Crippen molar-refractivity contribution >= 4 is 44.1 Å². The molecule has 7 heteroatoms. The maximum atomic E-state index is 13.9. The lowest BCUT2D eigenvalue weighted by atomic mass is 10.0.